The van der Waals surface area contributed by atoms with Crippen LogP contribution in [0.5, 0.6) is 0 Å². The third kappa shape index (κ3) is 2.05. The summed E-state index contributed by atoms with van der Waals surface area (Å²) >= 11 is 0. The number of anilines is 1. The SMILES string of the molecule is CC(C)(C#N)C(=O)Nc1ccc2c(c1)C(=O)NC2. The van der Waals surface area contributed by atoms with Gasteiger partial charge in [-0.05, 0) is 31.5 Å². The zero-order chi connectivity index (χ0) is 13.3. The maximum absolute atomic E-state index is 11.8. The average molecular weight is 243 g/mol. The van der Waals surface area contributed by atoms with E-state index in [9.17, 15) is 9.59 Å². The quantitative estimate of drug-likeness (QED) is 0.824. The number of carbonyl (C=O) groups is 2. The van der Waals surface area contributed by atoms with Crippen LogP contribution in [0.2, 0.25) is 0 Å². The topological polar surface area (TPSA) is 82.0 Å². The second-order valence-electron chi connectivity index (χ2n) is 4.75. The number of carbonyl (C=O) groups excluding carboxylic acids is 2. The van der Waals surface area contributed by atoms with Crippen LogP contribution >= 0.6 is 0 Å². The van der Waals surface area contributed by atoms with Crippen LogP contribution in [-0.4, -0.2) is 11.8 Å². The van der Waals surface area contributed by atoms with Gasteiger partial charge in [-0.3, -0.25) is 9.59 Å². The van der Waals surface area contributed by atoms with Crippen molar-refractivity contribution < 1.29 is 9.59 Å². The summed E-state index contributed by atoms with van der Waals surface area (Å²) < 4.78 is 0. The molecule has 1 aromatic rings. The van der Waals surface area contributed by atoms with Gasteiger partial charge in [-0.15, -0.1) is 0 Å². The average Bonchev–Trinajstić information content (AvgIpc) is 2.71. The molecule has 18 heavy (non-hydrogen) atoms. The maximum atomic E-state index is 11.8. The molecule has 1 aliphatic heterocycles. The lowest BCUT2D eigenvalue weighted by molar-refractivity contribution is -0.121. The molecule has 92 valence electrons. The minimum Gasteiger partial charge on any atom is -0.348 e. The Balaban J connectivity index is 2.22. The zero-order valence-electron chi connectivity index (χ0n) is 10.2. The number of amides is 2. The predicted octanol–water partition coefficient (Wildman–Crippen LogP) is 1.42. The van der Waals surface area contributed by atoms with Crippen molar-refractivity contribution in [3.63, 3.8) is 0 Å². The van der Waals surface area contributed by atoms with Crippen LogP contribution in [0, 0.1) is 16.7 Å². The van der Waals surface area contributed by atoms with Gasteiger partial charge >= 0.3 is 0 Å². The maximum Gasteiger partial charge on any atom is 0.251 e. The molecule has 0 radical (unpaired) electrons. The fraction of sp³-hybridized carbons (Fsp3) is 0.308. The van der Waals surface area contributed by atoms with E-state index in [0.29, 0.717) is 17.8 Å². The van der Waals surface area contributed by atoms with Crippen molar-refractivity contribution in [3.05, 3.63) is 29.3 Å². The third-order valence-corrected chi connectivity index (χ3v) is 2.90. The highest BCUT2D eigenvalue weighted by Gasteiger charge is 2.27. The van der Waals surface area contributed by atoms with Crippen LogP contribution < -0.4 is 10.6 Å². The van der Waals surface area contributed by atoms with Crippen LogP contribution in [0.25, 0.3) is 0 Å². The van der Waals surface area contributed by atoms with Crippen LogP contribution in [0.15, 0.2) is 18.2 Å². The molecule has 0 aliphatic carbocycles. The molecule has 0 aromatic heterocycles. The van der Waals surface area contributed by atoms with Crippen molar-refractivity contribution in [1.82, 2.24) is 5.32 Å². The molecular formula is C13H13N3O2. The summed E-state index contributed by atoms with van der Waals surface area (Å²) in [5.74, 6) is -0.524. The Hall–Kier alpha value is -2.35. The number of nitrogens with one attached hydrogen (secondary N) is 2. The van der Waals surface area contributed by atoms with Crippen molar-refractivity contribution in [2.45, 2.75) is 20.4 Å². The second kappa shape index (κ2) is 4.15. The molecule has 0 saturated carbocycles. The molecule has 0 saturated heterocycles. The molecule has 0 bridgehead atoms. The normalized spacial score (nSPS) is 13.5. The Bertz CT molecular complexity index is 570. The first-order valence-electron chi connectivity index (χ1n) is 5.58. The van der Waals surface area contributed by atoms with Gasteiger partial charge in [-0.25, -0.2) is 0 Å². The first-order chi connectivity index (χ1) is 8.44. The van der Waals surface area contributed by atoms with Gasteiger partial charge in [-0.2, -0.15) is 5.26 Å². The van der Waals surface area contributed by atoms with Gasteiger partial charge in [0.2, 0.25) is 5.91 Å². The Morgan fingerprint density at radius 1 is 1.50 bits per heavy atom. The molecule has 0 atom stereocenters. The van der Waals surface area contributed by atoms with E-state index in [1.807, 2.05) is 6.07 Å². The predicted molar refractivity (Wildman–Crippen MR) is 65.6 cm³/mol. The number of nitriles is 1. The highest BCUT2D eigenvalue weighted by atomic mass is 16.2. The molecule has 1 heterocycles. The second-order valence-corrected chi connectivity index (χ2v) is 4.75. The van der Waals surface area contributed by atoms with Crippen LogP contribution in [0.4, 0.5) is 5.69 Å². The number of fused-ring (bicyclic) bond motifs is 1. The van der Waals surface area contributed by atoms with E-state index >= 15 is 0 Å². The van der Waals surface area contributed by atoms with Gasteiger partial charge in [0.1, 0.15) is 5.41 Å². The lowest BCUT2D eigenvalue weighted by Gasteiger charge is -2.15. The minimum absolute atomic E-state index is 0.138. The van der Waals surface area contributed by atoms with Crippen molar-refractivity contribution >= 4 is 17.5 Å². The van der Waals surface area contributed by atoms with E-state index in [0.717, 1.165) is 5.56 Å². The number of hydrogen-bond donors (Lipinski definition) is 2. The van der Waals surface area contributed by atoms with E-state index in [4.69, 9.17) is 5.26 Å². The summed E-state index contributed by atoms with van der Waals surface area (Å²) in [6.45, 7) is 3.61. The first kappa shape index (κ1) is 12.1. The van der Waals surface area contributed by atoms with E-state index in [-0.39, 0.29) is 11.8 Å². The third-order valence-electron chi connectivity index (χ3n) is 2.90. The van der Waals surface area contributed by atoms with Crippen molar-refractivity contribution in [2.24, 2.45) is 5.41 Å². The minimum atomic E-state index is -1.10. The number of hydrogen-bond acceptors (Lipinski definition) is 3. The van der Waals surface area contributed by atoms with Crippen molar-refractivity contribution in [3.8, 4) is 6.07 Å². The van der Waals surface area contributed by atoms with Gasteiger partial charge in [0, 0.05) is 17.8 Å². The van der Waals surface area contributed by atoms with Crippen molar-refractivity contribution in [1.29, 1.82) is 5.26 Å². The van der Waals surface area contributed by atoms with Gasteiger partial charge in [-0.1, -0.05) is 6.07 Å². The van der Waals surface area contributed by atoms with Crippen LogP contribution in [-0.2, 0) is 11.3 Å². The number of nitrogens with zero attached hydrogens (tertiary/aromatic N) is 1. The number of rotatable bonds is 2. The molecule has 2 amide bonds. The summed E-state index contributed by atoms with van der Waals surface area (Å²) in [6, 6.07) is 7.08. The van der Waals surface area contributed by atoms with E-state index in [1.165, 1.54) is 0 Å². The van der Waals surface area contributed by atoms with Gasteiger partial charge in [0.15, 0.2) is 0 Å². The van der Waals surface area contributed by atoms with Gasteiger partial charge in [0.05, 0.1) is 6.07 Å². The molecule has 2 N–H and O–H groups in total. The molecule has 1 aromatic carbocycles. The fourth-order valence-electron chi connectivity index (χ4n) is 1.63. The summed E-state index contributed by atoms with van der Waals surface area (Å²) in [4.78, 5) is 23.3. The molecule has 1 aliphatic rings. The summed E-state index contributed by atoms with van der Waals surface area (Å²) in [5, 5.41) is 14.2. The van der Waals surface area contributed by atoms with Crippen LogP contribution in [0.1, 0.15) is 29.8 Å². The molecule has 5 heteroatoms. The Morgan fingerprint density at radius 2 is 2.22 bits per heavy atom. The standard InChI is InChI=1S/C13H13N3O2/c1-13(2,7-14)12(18)16-9-4-3-8-6-15-11(17)10(8)5-9/h3-5H,6H2,1-2H3,(H,15,17)(H,16,18). The van der Waals surface area contributed by atoms with Crippen molar-refractivity contribution in [2.75, 3.05) is 5.32 Å². The molecule has 5 nitrogen and oxygen atoms in total. The van der Waals surface area contributed by atoms with E-state index in [2.05, 4.69) is 10.6 Å². The lowest BCUT2D eigenvalue weighted by atomic mass is 9.94. The first-order valence-corrected chi connectivity index (χ1v) is 5.58. The molecule has 0 unspecified atom stereocenters. The number of benzene rings is 1. The van der Waals surface area contributed by atoms with E-state index < -0.39 is 5.41 Å². The molecule has 0 spiro atoms. The largest absolute Gasteiger partial charge is 0.348 e. The monoisotopic (exact) mass is 243 g/mol. The highest BCUT2D eigenvalue weighted by molar-refractivity contribution is 6.01. The zero-order valence-corrected chi connectivity index (χ0v) is 10.2. The smallest absolute Gasteiger partial charge is 0.251 e. The Kier molecular flexibility index (Phi) is 2.79. The van der Waals surface area contributed by atoms with Gasteiger partial charge in [0.25, 0.3) is 5.91 Å². The van der Waals surface area contributed by atoms with Gasteiger partial charge < -0.3 is 10.6 Å². The molecule has 0 fully saturated rings. The lowest BCUT2D eigenvalue weighted by Crippen LogP contribution is -2.29. The summed E-state index contributed by atoms with van der Waals surface area (Å²) in [5.41, 5.74) is 0.917. The summed E-state index contributed by atoms with van der Waals surface area (Å²) in [7, 11) is 0. The molecular weight excluding hydrogens is 230 g/mol. The van der Waals surface area contributed by atoms with Crippen LogP contribution in [0.3, 0.4) is 0 Å². The Labute approximate surface area is 105 Å². The van der Waals surface area contributed by atoms with E-state index in [1.54, 1.807) is 32.0 Å². The fourth-order valence-corrected chi connectivity index (χ4v) is 1.63. The Morgan fingerprint density at radius 3 is 2.89 bits per heavy atom. The molecule has 2 rings (SSSR count). The highest BCUT2D eigenvalue weighted by Crippen LogP contribution is 2.22. The summed E-state index contributed by atoms with van der Waals surface area (Å²) in [6.07, 6.45) is 0.